The van der Waals surface area contributed by atoms with Crippen molar-refractivity contribution >= 4 is 34.3 Å². The number of carbonyl (C=O) groups is 1. The summed E-state index contributed by atoms with van der Waals surface area (Å²) in [5, 5.41) is 12.8. The van der Waals surface area contributed by atoms with Crippen LogP contribution in [0.2, 0.25) is 0 Å². The van der Waals surface area contributed by atoms with Gasteiger partial charge in [-0.05, 0) is 37.0 Å². The number of fused-ring (bicyclic) bond motifs is 3. The topological polar surface area (TPSA) is 81.3 Å². The second-order valence-corrected chi connectivity index (χ2v) is 8.62. The van der Waals surface area contributed by atoms with E-state index >= 15 is 0 Å². The van der Waals surface area contributed by atoms with Gasteiger partial charge in [-0.2, -0.15) is 0 Å². The smallest absolute Gasteiger partial charge is 0.262 e. The predicted octanol–water partition coefficient (Wildman–Crippen LogP) is 3.69. The van der Waals surface area contributed by atoms with Crippen molar-refractivity contribution < 1.29 is 4.79 Å². The second-order valence-electron chi connectivity index (χ2n) is 7.67. The lowest BCUT2D eigenvalue weighted by molar-refractivity contribution is -0.118. The molecule has 0 radical (unpaired) electrons. The van der Waals surface area contributed by atoms with Crippen molar-refractivity contribution in [2.75, 3.05) is 12.3 Å². The standard InChI is InChI=1S/C24H27N5O2S/c1-2-3-16-28-22(31)19-13-7-8-14-20(19)29-23(28)26-27-24(29)32-17-21(30)25-15-9-12-18-10-5-4-6-11-18/h4-8,10-11,13-14H,2-3,9,12,15-17H2,1H3,(H,25,30). The number of nitrogens with one attached hydrogen (secondary N) is 1. The average molecular weight is 450 g/mol. The molecule has 0 spiro atoms. The van der Waals surface area contributed by atoms with Gasteiger partial charge in [-0.15, -0.1) is 10.2 Å². The number of amides is 1. The van der Waals surface area contributed by atoms with E-state index in [-0.39, 0.29) is 17.2 Å². The summed E-state index contributed by atoms with van der Waals surface area (Å²) in [5.41, 5.74) is 1.98. The van der Waals surface area contributed by atoms with E-state index in [1.807, 2.05) is 46.9 Å². The Bertz CT molecular complexity index is 1270. The Labute approximate surface area is 190 Å². The molecule has 1 amide bonds. The lowest BCUT2D eigenvalue weighted by Crippen LogP contribution is -2.26. The van der Waals surface area contributed by atoms with E-state index in [2.05, 4.69) is 34.6 Å². The number of nitrogens with zero attached hydrogens (tertiary/aromatic N) is 4. The molecule has 0 aliphatic carbocycles. The van der Waals surface area contributed by atoms with Crippen molar-refractivity contribution in [2.45, 2.75) is 44.3 Å². The van der Waals surface area contributed by atoms with Gasteiger partial charge < -0.3 is 5.32 Å². The van der Waals surface area contributed by atoms with Gasteiger partial charge in [-0.25, -0.2) is 0 Å². The molecule has 32 heavy (non-hydrogen) atoms. The van der Waals surface area contributed by atoms with E-state index in [1.54, 1.807) is 4.57 Å². The van der Waals surface area contributed by atoms with Crippen molar-refractivity contribution in [3.63, 3.8) is 0 Å². The third-order valence-corrected chi connectivity index (χ3v) is 6.28. The van der Waals surface area contributed by atoms with E-state index in [1.165, 1.54) is 17.3 Å². The summed E-state index contributed by atoms with van der Waals surface area (Å²) in [6, 6.07) is 17.7. The molecular weight excluding hydrogens is 422 g/mol. The van der Waals surface area contributed by atoms with Gasteiger partial charge in [0.25, 0.3) is 5.56 Å². The summed E-state index contributed by atoms with van der Waals surface area (Å²) in [4.78, 5) is 25.4. The summed E-state index contributed by atoms with van der Waals surface area (Å²) < 4.78 is 3.58. The number of unbranched alkanes of at least 4 members (excludes halogenated alkanes) is 1. The molecule has 0 saturated carbocycles. The Morgan fingerprint density at radius 3 is 2.62 bits per heavy atom. The number of aryl methyl sites for hydroxylation is 2. The van der Waals surface area contributed by atoms with Crippen LogP contribution in [0.3, 0.4) is 0 Å². The van der Waals surface area contributed by atoms with Crippen LogP contribution in [0, 0.1) is 0 Å². The van der Waals surface area contributed by atoms with Crippen LogP contribution in [-0.2, 0) is 17.8 Å². The maximum atomic E-state index is 13.0. The molecule has 1 N–H and O–H groups in total. The molecule has 0 aliphatic heterocycles. The largest absolute Gasteiger partial charge is 0.355 e. The maximum absolute atomic E-state index is 13.0. The number of para-hydroxylation sites is 1. The third-order valence-electron chi connectivity index (χ3n) is 5.35. The minimum absolute atomic E-state index is 0.0385. The Morgan fingerprint density at radius 2 is 1.81 bits per heavy atom. The monoisotopic (exact) mass is 449 g/mol. The zero-order chi connectivity index (χ0) is 22.3. The molecule has 166 valence electrons. The molecule has 0 bridgehead atoms. The summed E-state index contributed by atoms with van der Waals surface area (Å²) in [5.74, 6) is 0.727. The van der Waals surface area contributed by atoms with Gasteiger partial charge in [0.15, 0.2) is 5.16 Å². The zero-order valence-corrected chi connectivity index (χ0v) is 19.0. The number of carbonyl (C=O) groups excluding carboxylic acids is 1. The Morgan fingerprint density at radius 1 is 1.03 bits per heavy atom. The molecule has 4 aromatic rings. The quantitative estimate of drug-likeness (QED) is 0.295. The Hall–Kier alpha value is -3.13. The third kappa shape index (κ3) is 4.85. The predicted molar refractivity (Wildman–Crippen MR) is 128 cm³/mol. The highest BCUT2D eigenvalue weighted by molar-refractivity contribution is 7.99. The first-order valence-electron chi connectivity index (χ1n) is 11.0. The summed E-state index contributed by atoms with van der Waals surface area (Å²) in [6.07, 6.45) is 3.69. The highest BCUT2D eigenvalue weighted by atomic mass is 32.2. The molecule has 2 aromatic carbocycles. The van der Waals surface area contributed by atoms with Crippen LogP contribution < -0.4 is 10.9 Å². The van der Waals surface area contributed by atoms with Gasteiger partial charge in [0.1, 0.15) is 0 Å². The van der Waals surface area contributed by atoms with Crippen LogP contribution in [0.1, 0.15) is 31.7 Å². The molecule has 0 saturated heterocycles. The first kappa shape index (κ1) is 22.1. The fourth-order valence-electron chi connectivity index (χ4n) is 3.69. The van der Waals surface area contributed by atoms with E-state index in [9.17, 15) is 9.59 Å². The molecule has 0 fully saturated rings. The molecule has 0 aliphatic rings. The van der Waals surface area contributed by atoms with Crippen LogP contribution in [0.15, 0.2) is 64.5 Å². The number of thioether (sulfide) groups is 1. The first-order valence-corrected chi connectivity index (χ1v) is 12.0. The molecule has 0 unspecified atom stereocenters. The molecule has 2 aromatic heterocycles. The van der Waals surface area contributed by atoms with E-state index in [0.29, 0.717) is 29.4 Å². The Balaban J connectivity index is 1.46. The van der Waals surface area contributed by atoms with Crippen LogP contribution in [-0.4, -0.2) is 37.4 Å². The maximum Gasteiger partial charge on any atom is 0.262 e. The van der Waals surface area contributed by atoms with Crippen molar-refractivity contribution in [1.82, 2.24) is 24.5 Å². The molecule has 7 nitrogen and oxygen atoms in total. The number of hydrogen-bond acceptors (Lipinski definition) is 5. The average Bonchev–Trinajstić information content (AvgIpc) is 3.25. The number of benzene rings is 2. The Kier molecular flexibility index (Phi) is 7.21. The minimum Gasteiger partial charge on any atom is -0.355 e. The van der Waals surface area contributed by atoms with Gasteiger partial charge in [0.2, 0.25) is 11.7 Å². The van der Waals surface area contributed by atoms with Gasteiger partial charge in [-0.1, -0.05) is 67.6 Å². The first-order chi connectivity index (χ1) is 15.7. The van der Waals surface area contributed by atoms with Gasteiger partial charge in [-0.3, -0.25) is 18.6 Å². The summed E-state index contributed by atoms with van der Waals surface area (Å²) >= 11 is 1.33. The lowest BCUT2D eigenvalue weighted by atomic mass is 10.1. The van der Waals surface area contributed by atoms with Gasteiger partial charge in [0, 0.05) is 13.1 Å². The van der Waals surface area contributed by atoms with Crippen molar-refractivity contribution in [2.24, 2.45) is 0 Å². The SMILES string of the molecule is CCCCn1c(=O)c2ccccc2n2c(SCC(=O)NCCCc3ccccc3)nnc12. The van der Waals surface area contributed by atoms with Crippen LogP contribution in [0.5, 0.6) is 0 Å². The minimum atomic E-state index is -0.0540. The van der Waals surface area contributed by atoms with Crippen LogP contribution >= 0.6 is 11.8 Å². The van der Waals surface area contributed by atoms with Gasteiger partial charge >= 0.3 is 0 Å². The highest BCUT2D eigenvalue weighted by Crippen LogP contribution is 2.21. The number of aromatic nitrogens is 4. The van der Waals surface area contributed by atoms with Gasteiger partial charge in [0.05, 0.1) is 16.7 Å². The zero-order valence-electron chi connectivity index (χ0n) is 18.2. The second kappa shape index (κ2) is 10.5. The lowest BCUT2D eigenvalue weighted by Gasteiger charge is -2.11. The van der Waals surface area contributed by atoms with Crippen LogP contribution in [0.25, 0.3) is 16.7 Å². The molecule has 0 atom stereocenters. The molecular formula is C24H27N5O2S. The van der Waals surface area contributed by atoms with Crippen molar-refractivity contribution in [1.29, 1.82) is 0 Å². The molecule has 2 heterocycles. The molecule has 4 rings (SSSR count). The summed E-state index contributed by atoms with van der Waals surface area (Å²) in [7, 11) is 0. The summed E-state index contributed by atoms with van der Waals surface area (Å²) in [6.45, 7) is 3.32. The van der Waals surface area contributed by atoms with Crippen LogP contribution in [0.4, 0.5) is 0 Å². The van der Waals surface area contributed by atoms with E-state index in [4.69, 9.17) is 0 Å². The fourth-order valence-corrected chi connectivity index (χ4v) is 4.46. The number of rotatable bonds is 10. The fraction of sp³-hybridized carbons (Fsp3) is 0.333. The van der Waals surface area contributed by atoms with Crippen molar-refractivity contribution in [3.8, 4) is 0 Å². The number of hydrogen-bond donors (Lipinski definition) is 1. The van der Waals surface area contributed by atoms with Crippen molar-refractivity contribution in [3.05, 3.63) is 70.5 Å². The van der Waals surface area contributed by atoms with E-state index < -0.39 is 0 Å². The highest BCUT2D eigenvalue weighted by Gasteiger charge is 2.17. The molecule has 8 heteroatoms. The van der Waals surface area contributed by atoms with E-state index in [0.717, 1.165) is 31.2 Å². The normalized spacial score (nSPS) is 11.3.